The van der Waals surface area contributed by atoms with Gasteiger partial charge in [0.2, 0.25) is 5.91 Å². The molecule has 4 rings (SSSR count). The van der Waals surface area contributed by atoms with Crippen LogP contribution in [0.2, 0.25) is 0 Å². The van der Waals surface area contributed by atoms with Crippen LogP contribution in [0.3, 0.4) is 0 Å². The fraction of sp³-hybridized carbons (Fsp3) is 0.292. The highest BCUT2D eigenvalue weighted by molar-refractivity contribution is 6.08. The summed E-state index contributed by atoms with van der Waals surface area (Å²) in [5.41, 5.74) is 3.23. The molecule has 3 aromatic rings. The summed E-state index contributed by atoms with van der Waals surface area (Å²) in [7, 11) is 0. The molecule has 1 amide bonds. The number of aromatic amines is 1. The number of aromatic nitrogens is 1. The van der Waals surface area contributed by atoms with Gasteiger partial charge in [0.05, 0.1) is 11.6 Å². The molecule has 5 heteroatoms. The normalized spacial score (nSPS) is 14.7. The molecule has 2 aromatic carbocycles. The largest absolute Gasteiger partial charge is 0.360 e. The van der Waals surface area contributed by atoms with Crippen LogP contribution in [0.25, 0.3) is 10.9 Å². The number of nitrogens with zero attached hydrogens (tertiary/aromatic N) is 2. The molecule has 29 heavy (non-hydrogen) atoms. The second-order valence-electron chi connectivity index (χ2n) is 7.56. The molecule has 1 N–H and O–H groups in total. The van der Waals surface area contributed by atoms with E-state index in [1.807, 2.05) is 11.0 Å². The zero-order chi connectivity index (χ0) is 20.2. The number of nitrogens with one attached hydrogen (secondary N) is 1. The molecule has 1 aliphatic heterocycles. The van der Waals surface area contributed by atoms with E-state index in [9.17, 15) is 9.59 Å². The number of nitriles is 1. The highest BCUT2D eigenvalue weighted by Gasteiger charge is 2.24. The summed E-state index contributed by atoms with van der Waals surface area (Å²) in [6, 6.07) is 17.8. The van der Waals surface area contributed by atoms with Crippen molar-refractivity contribution in [3.63, 3.8) is 0 Å². The summed E-state index contributed by atoms with van der Waals surface area (Å²) in [5.74, 6) is 0.476. The lowest BCUT2D eigenvalue weighted by molar-refractivity contribution is -0.132. The SMILES string of the molecule is N#Cc1ccc2[nH]cc(C(=O)CCC(=O)N3CCC(c4ccccc4)CC3)c2c1. The molecule has 2 heterocycles. The van der Waals surface area contributed by atoms with E-state index in [-0.39, 0.29) is 24.5 Å². The Labute approximate surface area is 169 Å². The van der Waals surface area contributed by atoms with E-state index in [2.05, 4.69) is 35.3 Å². The number of rotatable bonds is 5. The molecule has 1 aromatic heterocycles. The van der Waals surface area contributed by atoms with Crippen LogP contribution in [0.5, 0.6) is 0 Å². The maximum atomic E-state index is 12.7. The summed E-state index contributed by atoms with van der Waals surface area (Å²) in [4.78, 5) is 30.2. The fourth-order valence-corrected chi connectivity index (χ4v) is 4.12. The molecule has 1 fully saturated rings. The van der Waals surface area contributed by atoms with Gasteiger partial charge < -0.3 is 9.88 Å². The van der Waals surface area contributed by atoms with Gasteiger partial charge in [-0.25, -0.2) is 0 Å². The second-order valence-corrected chi connectivity index (χ2v) is 7.56. The molecule has 0 unspecified atom stereocenters. The van der Waals surface area contributed by atoms with Crippen molar-refractivity contribution < 1.29 is 9.59 Å². The van der Waals surface area contributed by atoms with Crippen molar-refractivity contribution in [2.75, 3.05) is 13.1 Å². The summed E-state index contributed by atoms with van der Waals surface area (Å²) >= 11 is 0. The monoisotopic (exact) mass is 385 g/mol. The smallest absolute Gasteiger partial charge is 0.223 e. The zero-order valence-corrected chi connectivity index (χ0v) is 16.2. The maximum absolute atomic E-state index is 12.7. The van der Waals surface area contributed by atoms with Gasteiger partial charge in [-0.1, -0.05) is 30.3 Å². The van der Waals surface area contributed by atoms with Gasteiger partial charge in [-0.05, 0) is 42.5 Å². The number of ketones is 1. The van der Waals surface area contributed by atoms with Crippen LogP contribution in [0.1, 0.15) is 53.1 Å². The van der Waals surface area contributed by atoms with Crippen molar-refractivity contribution in [1.82, 2.24) is 9.88 Å². The van der Waals surface area contributed by atoms with Gasteiger partial charge in [-0.15, -0.1) is 0 Å². The Morgan fingerprint density at radius 3 is 2.55 bits per heavy atom. The Kier molecular flexibility index (Phi) is 5.44. The predicted molar refractivity (Wildman–Crippen MR) is 112 cm³/mol. The van der Waals surface area contributed by atoms with Gasteiger partial charge in [0, 0.05) is 48.6 Å². The molecule has 0 saturated carbocycles. The molecule has 146 valence electrons. The van der Waals surface area contributed by atoms with Gasteiger partial charge >= 0.3 is 0 Å². The lowest BCUT2D eigenvalue weighted by atomic mass is 9.89. The van der Waals surface area contributed by atoms with E-state index in [4.69, 9.17) is 5.26 Å². The maximum Gasteiger partial charge on any atom is 0.223 e. The third-order valence-electron chi connectivity index (χ3n) is 5.80. The Bertz CT molecular complexity index is 1070. The Morgan fingerprint density at radius 1 is 1.07 bits per heavy atom. The fourth-order valence-electron chi connectivity index (χ4n) is 4.12. The summed E-state index contributed by atoms with van der Waals surface area (Å²) in [5, 5.41) is 9.82. The number of Topliss-reactive ketones (excluding diaryl/α,β-unsaturated/α-hetero) is 1. The number of fused-ring (bicyclic) bond motifs is 1. The lowest BCUT2D eigenvalue weighted by Crippen LogP contribution is -2.38. The van der Waals surface area contributed by atoms with E-state index in [1.165, 1.54) is 5.56 Å². The molecular weight excluding hydrogens is 362 g/mol. The molecule has 0 radical (unpaired) electrons. The van der Waals surface area contributed by atoms with Gasteiger partial charge in [-0.2, -0.15) is 5.26 Å². The Morgan fingerprint density at radius 2 is 1.83 bits per heavy atom. The van der Waals surface area contributed by atoms with Crippen molar-refractivity contribution in [3.05, 3.63) is 71.4 Å². The first kappa shape index (κ1) is 18.9. The Balaban J connectivity index is 1.33. The molecule has 0 aliphatic carbocycles. The highest BCUT2D eigenvalue weighted by Crippen LogP contribution is 2.28. The first-order valence-corrected chi connectivity index (χ1v) is 10.0. The first-order valence-electron chi connectivity index (χ1n) is 10.0. The topological polar surface area (TPSA) is 77.0 Å². The van der Waals surface area contributed by atoms with Crippen molar-refractivity contribution >= 4 is 22.6 Å². The van der Waals surface area contributed by atoms with Crippen LogP contribution in [-0.4, -0.2) is 34.7 Å². The van der Waals surface area contributed by atoms with Crippen LogP contribution in [-0.2, 0) is 4.79 Å². The number of carbonyl (C=O) groups is 2. The average Bonchev–Trinajstić information content (AvgIpc) is 3.21. The van der Waals surface area contributed by atoms with Crippen LogP contribution in [0.15, 0.2) is 54.7 Å². The third-order valence-corrected chi connectivity index (χ3v) is 5.80. The number of H-pyrrole nitrogens is 1. The minimum Gasteiger partial charge on any atom is -0.360 e. The quantitative estimate of drug-likeness (QED) is 0.661. The predicted octanol–water partition coefficient (Wildman–Crippen LogP) is 4.41. The van der Waals surface area contributed by atoms with Crippen molar-refractivity contribution in [1.29, 1.82) is 5.26 Å². The number of carbonyl (C=O) groups excluding carboxylic acids is 2. The second kappa shape index (κ2) is 8.32. The van der Waals surface area contributed by atoms with Crippen LogP contribution in [0, 0.1) is 11.3 Å². The van der Waals surface area contributed by atoms with Crippen molar-refractivity contribution in [2.24, 2.45) is 0 Å². The zero-order valence-electron chi connectivity index (χ0n) is 16.2. The molecule has 0 atom stereocenters. The number of amides is 1. The van der Waals surface area contributed by atoms with Crippen molar-refractivity contribution in [2.45, 2.75) is 31.6 Å². The minimum absolute atomic E-state index is 0.0439. The first-order chi connectivity index (χ1) is 14.2. The molecular formula is C24H23N3O2. The van der Waals surface area contributed by atoms with Crippen LogP contribution >= 0.6 is 0 Å². The summed E-state index contributed by atoms with van der Waals surface area (Å²) in [6.45, 7) is 1.48. The van der Waals surface area contributed by atoms with Crippen molar-refractivity contribution in [3.8, 4) is 6.07 Å². The highest BCUT2D eigenvalue weighted by atomic mass is 16.2. The van der Waals surface area contributed by atoms with Crippen LogP contribution < -0.4 is 0 Å². The van der Waals surface area contributed by atoms with E-state index in [0.29, 0.717) is 17.0 Å². The van der Waals surface area contributed by atoms with E-state index < -0.39 is 0 Å². The molecule has 1 saturated heterocycles. The lowest BCUT2D eigenvalue weighted by Gasteiger charge is -2.32. The molecule has 0 spiro atoms. The number of likely N-dealkylation sites (tertiary alicyclic amines) is 1. The third kappa shape index (κ3) is 4.07. The Hall–Kier alpha value is -3.39. The number of benzene rings is 2. The molecule has 1 aliphatic rings. The van der Waals surface area contributed by atoms with Crippen LogP contribution in [0.4, 0.5) is 0 Å². The minimum atomic E-state index is -0.0705. The summed E-state index contributed by atoms with van der Waals surface area (Å²) < 4.78 is 0. The van der Waals surface area contributed by atoms with Gasteiger partial charge in [0.1, 0.15) is 0 Å². The standard InChI is InChI=1S/C24H23N3O2/c25-15-17-6-7-22-20(14-17)21(16-26-22)23(28)8-9-24(29)27-12-10-19(11-13-27)18-4-2-1-3-5-18/h1-7,14,16,19,26H,8-13H2. The van der Waals surface area contributed by atoms with E-state index >= 15 is 0 Å². The summed E-state index contributed by atoms with van der Waals surface area (Å²) in [6.07, 6.45) is 4.00. The van der Waals surface area contributed by atoms with Gasteiger partial charge in [-0.3, -0.25) is 9.59 Å². The van der Waals surface area contributed by atoms with E-state index in [0.717, 1.165) is 36.8 Å². The van der Waals surface area contributed by atoms with Gasteiger partial charge in [0.25, 0.3) is 0 Å². The van der Waals surface area contributed by atoms with E-state index in [1.54, 1.807) is 24.4 Å². The average molecular weight is 385 g/mol. The number of hydrogen-bond donors (Lipinski definition) is 1. The number of hydrogen-bond acceptors (Lipinski definition) is 3. The number of piperidine rings is 1. The van der Waals surface area contributed by atoms with Gasteiger partial charge in [0.15, 0.2) is 5.78 Å². The molecule has 0 bridgehead atoms. The molecule has 5 nitrogen and oxygen atoms in total.